The zero-order valence-electron chi connectivity index (χ0n) is 12.5. The molecule has 2 rings (SSSR count). The molecule has 110 valence electrons. The van der Waals surface area contributed by atoms with Gasteiger partial charge in [0, 0.05) is 19.2 Å². The van der Waals surface area contributed by atoms with Gasteiger partial charge in [-0.25, -0.2) is 0 Å². The van der Waals surface area contributed by atoms with Crippen LogP contribution < -0.4 is 5.32 Å². The van der Waals surface area contributed by atoms with Gasteiger partial charge in [-0.1, -0.05) is 49.4 Å². The van der Waals surface area contributed by atoms with Crippen LogP contribution in [0.5, 0.6) is 0 Å². The zero-order valence-corrected chi connectivity index (χ0v) is 12.5. The van der Waals surface area contributed by atoms with Crippen LogP contribution >= 0.6 is 0 Å². The molecule has 21 heavy (non-hydrogen) atoms. The van der Waals surface area contributed by atoms with Crippen molar-refractivity contribution in [1.82, 2.24) is 5.32 Å². The van der Waals surface area contributed by atoms with E-state index in [1.165, 1.54) is 5.56 Å². The summed E-state index contributed by atoms with van der Waals surface area (Å²) in [6.07, 6.45) is 0. The van der Waals surface area contributed by atoms with Gasteiger partial charge in [-0.3, -0.25) is 4.79 Å². The summed E-state index contributed by atoms with van der Waals surface area (Å²) in [7, 11) is 1.66. The van der Waals surface area contributed by atoms with Crippen LogP contribution in [0.25, 0.3) is 0 Å². The quantitative estimate of drug-likeness (QED) is 0.882. The first-order chi connectivity index (χ1) is 10.2. The van der Waals surface area contributed by atoms with E-state index in [0.717, 1.165) is 5.56 Å². The van der Waals surface area contributed by atoms with E-state index in [-0.39, 0.29) is 5.91 Å². The number of hydrogen-bond donors (Lipinski definition) is 1. The van der Waals surface area contributed by atoms with Crippen molar-refractivity contribution in [3.05, 3.63) is 71.3 Å². The maximum atomic E-state index is 12.1. The summed E-state index contributed by atoms with van der Waals surface area (Å²) in [6, 6.07) is 17.7. The van der Waals surface area contributed by atoms with Crippen molar-refractivity contribution in [3.63, 3.8) is 0 Å². The molecule has 0 aliphatic heterocycles. The summed E-state index contributed by atoms with van der Waals surface area (Å²) in [5, 5.41) is 2.98. The van der Waals surface area contributed by atoms with Crippen molar-refractivity contribution in [2.75, 3.05) is 13.7 Å². The second kappa shape index (κ2) is 7.60. The molecular formula is C18H21NO2. The molecule has 0 aliphatic carbocycles. The molecule has 3 nitrogen and oxygen atoms in total. The molecule has 1 N–H and O–H groups in total. The molecule has 0 unspecified atom stereocenters. The summed E-state index contributed by atoms with van der Waals surface area (Å²) in [6.45, 7) is 3.30. The van der Waals surface area contributed by atoms with Crippen LogP contribution in [0.15, 0.2) is 54.6 Å². The van der Waals surface area contributed by atoms with Crippen LogP contribution in [0.4, 0.5) is 0 Å². The standard InChI is InChI=1S/C18H21NO2/c1-14(16-6-4-3-5-7-16)12-19-18(20)17-10-8-15(9-11-17)13-21-2/h3-11,14H,12-13H2,1-2H3,(H,19,20)/t14-/m0/s1. The molecular weight excluding hydrogens is 262 g/mol. The molecule has 1 amide bonds. The van der Waals surface area contributed by atoms with Crippen LogP contribution in [0.2, 0.25) is 0 Å². The van der Waals surface area contributed by atoms with E-state index in [9.17, 15) is 4.79 Å². The number of carbonyl (C=O) groups excluding carboxylic acids is 1. The van der Waals surface area contributed by atoms with Crippen molar-refractivity contribution in [2.24, 2.45) is 0 Å². The SMILES string of the molecule is COCc1ccc(C(=O)NC[C@H](C)c2ccccc2)cc1. The number of nitrogens with one attached hydrogen (secondary N) is 1. The molecule has 2 aromatic carbocycles. The van der Waals surface area contributed by atoms with E-state index in [2.05, 4.69) is 24.4 Å². The van der Waals surface area contributed by atoms with Crippen molar-refractivity contribution in [1.29, 1.82) is 0 Å². The highest BCUT2D eigenvalue weighted by Crippen LogP contribution is 2.13. The Hall–Kier alpha value is -2.13. The fourth-order valence-corrected chi connectivity index (χ4v) is 2.17. The highest BCUT2D eigenvalue weighted by Gasteiger charge is 2.09. The van der Waals surface area contributed by atoms with E-state index in [0.29, 0.717) is 24.6 Å². The average molecular weight is 283 g/mol. The van der Waals surface area contributed by atoms with Crippen LogP contribution in [-0.2, 0) is 11.3 Å². The molecule has 0 saturated heterocycles. The molecule has 0 fully saturated rings. The number of amides is 1. The number of ether oxygens (including phenoxy) is 1. The van der Waals surface area contributed by atoms with Crippen molar-refractivity contribution in [2.45, 2.75) is 19.4 Å². The van der Waals surface area contributed by atoms with E-state index in [1.807, 2.05) is 42.5 Å². The Balaban J connectivity index is 1.89. The molecule has 1 atom stereocenters. The van der Waals surface area contributed by atoms with Gasteiger partial charge in [0.05, 0.1) is 6.61 Å². The largest absolute Gasteiger partial charge is 0.380 e. The van der Waals surface area contributed by atoms with Crippen molar-refractivity contribution >= 4 is 5.91 Å². The summed E-state index contributed by atoms with van der Waals surface area (Å²) in [5.41, 5.74) is 2.97. The van der Waals surface area contributed by atoms with Gasteiger partial charge in [-0.05, 0) is 29.2 Å². The van der Waals surface area contributed by atoms with Crippen LogP contribution in [0.1, 0.15) is 34.3 Å². The van der Waals surface area contributed by atoms with Gasteiger partial charge >= 0.3 is 0 Å². The molecule has 0 aliphatic rings. The maximum Gasteiger partial charge on any atom is 0.251 e. The second-order valence-electron chi connectivity index (χ2n) is 5.15. The lowest BCUT2D eigenvalue weighted by atomic mass is 10.0. The smallest absolute Gasteiger partial charge is 0.251 e. The molecule has 0 radical (unpaired) electrons. The summed E-state index contributed by atoms with van der Waals surface area (Å²) >= 11 is 0. The predicted octanol–water partition coefficient (Wildman–Crippen LogP) is 3.37. The Kier molecular flexibility index (Phi) is 5.52. The lowest BCUT2D eigenvalue weighted by Crippen LogP contribution is -2.27. The zero-order chi connectivity index (χ0) is 15.1. The molecule has 0 bridgehead atoms. The fraction of sp³-hybridized carbons (Fsp3) is 0.278. The van der Waals surface area contributed by atoms with E-state index in [1.54, 1.807) is 7.11 Å². The third-order valence-electron chi connectivity index (χ3n) is 3.46. The number of hydrogen-bond acceptors (Lipinski definition) is 2. The Morgan fingerprint density at radius 1 is 1.10 bits per heavy atom. The maximum absolute atomic E-state index is 12.1. The van der Waals surface area contributed by atoms with Crippen LogP contribution in [0, 0.1) is 0 Å². The van der Waals surface area contributed by atoms with E-state index >= 15 is 0 Å². The molecule has 2 aromatic rings. The number of benzene rings is 2. The molecule has 0 saturated carbocycles. The lowest BCUT2D eigenvalue weighted by molar-refractivity contribution is 0.0951. The Labute approximate surface area is 126 Å². The highest BCUT2D eigenvalue weighted by atomic mass is 16.5. The molecule has 0 aromatic heterocycles. The number of methoxy groups -OCH3 is 1. The minimum Gasteiger partial charge on any atom is -0.380 e. The van der Waals surface area contributed by atoms with Gasteiger partial charge in [0.25, 0.3) is 5.91 Å². The minimum absolute atomic E-state index is 0.0400. The van der Waals surface area contributed by atoms with Gasteiger partial charge < -0.3 is 10.1 Å². The monoisotopic (exact) mass is 283 g/mol. The Morgan fingerprint density at radius 3 is 2.38 bits per heavy atom. The number of carbonyl (C=O) groups is 1. The highest BCUT2D eigenvalue weighted by molar-refractivity contribution is 5.94. The summed E-state index contributed by atoms with van der Waals surface area (Å²) in [5.74, 6) is 0.254. The fourth-order valence-electron chi connectivity index (χ4n) is 2.17. The van der Waals surface area contributed by atoms with Crippen LogP contribution in [0.3, 0.4) is 0 Å². The van der Waals surface area contributed by atoms with Gasteiger partial charge in [-0.2, -0.15) is 0 Å². The first kappa shape index (κ1) is 15.3. The van der Waals surface area contributed by atoms with Gasteiger partial charge in [0.15, 0.2) is 0 Å². The Morgan fingerprint density at radius 2 is 1.76 bits per heavy atom. The van der Waals surface area contributed by atoms with E-state index < -0.39 is 0 Å². The van der Waals surface area contributed by atoms with Crippen LogP contribution in [-0.4, -0.2) is 19.6 Å². The third kappa shape index (κ3) is 4.43. The molecule has 0 spiro atoms. The van der Waals surface area contributed by atoms with Gasteiger partial charge in [0.1, 0.15) is 0 Å². The Bertz CT molecular complexity index is 564. The van der Waals surface area contributed by atoms with Gasteiger partial charge in [0.2, 0.25) is 0 Å². The first-order valence-corrected chi connectivity index (χ1v) is 7.11. The predicted molar refractivity (Wildman–Crippen MR) is 84.3 cm³/mol. The lowest BCUT2D eigenvalue weighted by Gasteiger charge is -2.13. The molecule has 0 heterocycles. The van der Waals surface area contributed by atoms with E-state index in [4.69, 9.17) is 4.74 Å². The van der Waals surface area contributed by atoms with Crippen molar-refractivity contribution < 1.29 is 9.53 Å². The summed E-state index contributed by atoms with van der Waals surface area (Å²) < 4.78 is 5.06. The molecule has 3 heteroatoms. The minimum atomic E-state index is -0.0400. The normalized spacial score (nSPS) is 11.9. The number of rotatable bonds is 6. The second-order valence-corrected chi connectivity index (χ2v) is 5.15. The van der Waals surface area contributed by atoms with Gasteiger partial charge in [-0.15, -0.1) is 0 Å². The average Bonchev–Trinajstić information content (AvgIpc) is 2.54. The van der Waals surface area contributed by atoms with Crippen molar-refractivity contribution in [3.8, 4) is 0 Å². The topological polar surface area (TPSA) is 38.3 Å². The third-order valence-corrected chi connectivity index (χ3v) is 3.46. The first-order valence-electron chi connectivity index (χ1n) is 7.11. The summed E-state index contributed by atoms with van der Waals surface area (Å²) in [4.78, 5) is 12.1.